The van der Waals surface area contributed by atoms with Gasteiger partial charge in [-0.2, -0.15) is 0 Å². The van der Waals surface area contributed by atoms with Crippen LogP contribution in [-0.2, 0) is 4.79 Å². The Morgan fingerprint density at radius 2 is 1.95 bits per heavy atom. The topological polar surface area (TPSA) is 35.6 Å². The van der Waals surface area contributed by atoms with E-state index in [-0.39, 0.29) is 23.5 Å². The number of nitrogens with one attached hydrogen (secondary N) is 1. The van der Waals surface area contributed by atoms with Gasteiger partial charge >= 0.3 is 0 Å². The largest absolute Gasteiger partial charge is 0.325 e. The molecule has 0 bridgehead atoms. The van der Waals surface area contributed by atoms with Gasteiger partial charge in [-0.1, -0.05) is 20.8 Å². The minimum atomic E-state index is -0.0257. The quantitative estimate of drug-likeness (QED) is 0.842. The van der Waals surface area contributed by atoms with Crippen molar-refractivity contribution in [1.82, 2.24) is 15.1 Å². The standard InChI is InChI=1S/C15H29N3O/c1-11(2)13-16-12(3)14(19)18(13)10-15(4)6-8-17(5)9-7-15/h11-13,16H,6-10H2,1-5H3. The van der Waals surface area contributed by atoms with Crippen molar-refractivity contribution in [3.63, 3.8) is 0 Å². The number of carbonyl (C=O) groups excluding carboxylic acids is 1. The Labute approximate surface area is 117 Å². The number of hydrogen-bond donors (Lipinski definition) is 1. The number of likely N-dealkylation sites (tertiary alicyclic amines) is 1. The SMILES string of the molecule is CC1NC(C(C)C)N(CC2(C)CCN(C)CC2)C1=O. The van der Waals surface area contributed by atoms with Crippen molar-refractivity contribution in [2.45, 2.75) is 52.7 Å². The predicted octanol–water partition coefficient (Wildman–Crippen LogP) is 1.52. The van der Waals surface area contributed by atoms with Crippen molar-refractivity contribution in [2.24, 2.45) is 11.3 Å². The normalized spacial score (nSPS) is 32.3. The lowest BCUT2D eigenvalue weighted by Gasteiger charge is -2.42. The van der Waals surface area contributed by atoms with Crippen molar-refractivity contribution in [3.05, 3.63) is 0 Å². The van der Waals surface area contributed by atoms with Crippen LogP contribution in [0.15, 0.2) is 0 Å². The summed E-state index contributed by atoms with van der Waals surface area (Å²) >= 11 is 0. The molecular formula is C15H29N3O. The Morgan fingerprint density at radius 1 is 1.37 bits per heavy atom. The molecule has 4 heteroatoms. The zero-order chi connectivity index (χ0) is 14.2. The molecule has 2 fully saturated rings. The molecule has 0 aromatic carbocycles. The molecule has 0 saturated carbocycles. The molecule has 0 aliphatic carbocycles. The van der Waals surface area contributed by atoms with Crippen LogP contribution in [0.4, 0.5) is 0 Å². The molecule has 0 aromatic heterocycles. The third-order valence-corrected chi connectivity index (χ3v) is 4.79. The van der Waals surface area contributed by atoms with Crippen LogP contribution in [-0.4, -0.2) is 54.6 Å². The van der Waals surface area contributed by atoms with Gasteiger partial charge < -0.3 is 9.80 Å². The minimum Gasteiger partial charge on any atom is -0.325 e. The average Bonchev–Trinajstić information content (AvgIpc) is 2.62. The van der Waals surface area contributed by atoms with E-state index in [0.29, 0.717) is 5.92 Å². The molecule has 2 unspecified atom stereocenters. The van der Waals surface area contributed by atoms with Gasteiger partial charge in [-0.15, -0.1) is 0 Å². The van der Waals surface area contributed by atoms with E-state index >= 15 is 0 Å². The van der Waals surface area contributed by atoms with Crippen LogP contribution in [0.2, 0.25) is 0 Å². The van der Waals surface area contributed by atoms with Crippen LogP contribution in [0.3, 0.4) is 0 Å². The van der Waals surface area contributed by atoms with Crippen LogP contribution in [0, 0.1) is 11.3 Å². The van der Waals surface area contributed by atoms with Gasteiger partial charge in [0.25, 0.3) is 0 Å². The van der Waals surface area contributed by atoms with Crippen molar-refractivity contribution in [2.75, 3.05) is 26.7 Å². The van der Waals surface area contributed by atoms with Crippen molar-refractivity contribution in [3.8, 4) is 0 Å². The second-order valence-electron chi connectivity index (χ2n) is 7.16. The summed E-state index contributed by atoms with van der Waals surface area (Å²) in [6.07, 6.45) is 2.58. The van der Waals surface area contributed by atoms with Gasteiger partial charge in [0, 0.05) is 6.54 Å². The van der Waals surface area contributed by atoms with Crippen molar-refractivity contribution < 1.29 is 4.79 Å². The molecule has 2 saturated heterocycles. The van der Waals surface area contributed by atoms with E-state index in [2.05, 4.69) is 42.9 Å². The van der Waals surface area contributed by atoms with E-state index in [1.807, 2.05) is 6.92 Å². The number of piperidine rings is 1. The highest BCUT2D eigenvalue weighted by molar-refractivity contribution is 5.84. The van der Waals surface area contributed by atoms with Crippen LogP contribution in [0.5, 0.6) is 0 Å². The second kappa shape index (κ2) is 5.41. The zero-order valence-corrected chi connectivity index (χ0v) is 13.1. The van der Waals surface area contributed by atoms with Crippen LogP contribution in [0.1, 0.15) is 40.5 Å². The molecule has 1 N–H and O–H groups in total. The first-order valence-corrected chi connectivity index (χ1v) is 7.57. The highest BCUT2D eigenvalue weighted by Gasteiger charge is 2.42. The van der Waals surface area contributed by atoms with Gasteiger partial charge in [0.05, 0.1) is 12.2 Å². The minimum absolute atomic E-state index is 0.0257. The van der Waals surface area contributed by atoms with Gasteiger partial charge in [0.15, 0.2) is 0 Å². The van der Waals surface area contributed by atoms with E-state index in [1.54, 1.807) is 0 Å². The van der Waals surface area contributed by atoms with E-state index in [0.717, 1.165) is 19.6 Å². The molecule has 2 aliphatic rings. The first-order chi connectivity index (χ1) is 8.82. The molecule has 110 valence electrons. The molecule has 1 amide bonds. The van der Waals surface area contributed by atoms with Gasteiger partial charge in [0.1, 0.15) is 0 Å². The maximum Gasteiger partial charge on any atom is 0.240 e. The summed E-state index contributed by atoms with van der Waals surface area (Å²) in [4.78, 5) is 16.8. The van der Waals surface area contributed by atoms with E-state index in [4.69, 9.17) is 0 Å². The van der Waals surface area contributed by atoms with Crippen LogP contribution >= 0.6 is 0 Å². The summed E-state index contributed by atoms with van der Waals surface area (Å²) in [7, 11) is 2.18. The lowest BCUT2D eigenvalue weighted by atomic mass is 9.79. The fraction of sp³-hybridized carbons (Fsp3) is 0.933. The monoisotopic (exact) mass is 267 g/mol. The fourth-order valence-corrected chi connectivity index (χ4v) is 3.26. The predicted molar refractivity (Wildman–Crippen MR) is 77.8 cm³/mol. The zero-order valence-electron chi connectivity index (χ0n) is 13.1. The first kappa shape index (κ1) is 14.8. The summed E-state index contributed by atoms with van der Waals surface area (Å²) < 4.78 is 0. The van der Waals surface area contributed by atoms with Gasteiger partial charge in [0.2, 0.25) is 5.91 Å². The molecular weight excluding hydrogens is 238 g/mol. The lowest BCUT2D eigenvalue weighted by Crippen LogP contribution is -2.49. The molecule has 19 heavy (non-hydrogen) atoms. The maximum atomic E-state index is 12.4. The molecule has 2 aliphatic heterocycles. The number of nitrogens with zero attached hydrogens (tertiary/aromatic N) is 2. The summed E-state index contributed by atoms with van der Waals surface area (Å²) in [5, 5.41) is 3.43. The van der Waals surface area contributed by atoms with Gasteiger partial charge in [-0.25, -0.2) is 0 Å². The summed E-state index contributed by atoms with van der Waals surface area (Å²) in [6, 6.07) is -0.0257. The highest BCUT2D eigenvalue weighted by Crippen LogP contribution is 2.33. The second-order valence-corrected chi connectivity index (χ2v) is 7.16. The summed E-state index contributed by atoms with van der Waals surface area (Å²) in [6.45, 7) is 11.9. The molecule has 0 radical (unpaired) electrons. The maximum absolute atomic E-state index is 12.4. The first-order valence-electron chi connectivity index (χ1n) is 7.57. The number of hydrogen-bond acceptors (Lipinski definition) is 3. The molecule has 2 heterocycles. The van der Waals surface area contributed by atoms with E-state index in [1.165, 1.54) is 12.8 Å². The lowest BCUT2D eigenvalue weighted by molar-refractivity contribution is -0.132. The van der Waals surface area contributed by atoms with Crippen molar-refractivity contribution >= 4 is 5.91 Å². The van der Waals surface area contributed by atoms with E-state index < -0.39 is 0 Å². The number of amides is 1. The number of carbonyl (C=O) groups is 1. The Morgan fingerprint density at radius 3 is 2.47 bits per heavy atom. The van der Waals surface area contributed by atoms with E-state index in [9.17, 15) is 4.79 Å². The molecule has 0 spiro atoms. The third-order valence-electron chi connectivity index (χ3n) is 4.79. The summed E-state index contributed by atoms with van der Waals surface area (Å²) in [5.41, 5.74) is 0.279. The Balaban J connectivity index is 2.05. The van der Waals surface area contributed by atoms with Crippen molar-refractivity contribution in [1.29, 1.82) is 0 Å². The van der Waals surface area contributed by atoms with Crippen LogP contribution in [0.25, 0.3) is 0 Å². The number of rotatable bonds is 3. The smallest absolute Gasteiger partial charge is 0.240 e. The van der Waals surface area contributed by atoms with Gasteiger partial charge in [-0.3, -0.25) is 10.1 Å². The summed E-state index contributed by atoms with van der Waals surface area (Å²) in [5.74, 6) is 0.739. The highest BCUT2D eigenvalue weighted by atomic mass is 16.2. The molecule has 4 nitrogen and oxygen atoms in total. The molecule has 2 atom stereocenters. The third kappa shape index (κ3) is 3.11. The van der Waals surface area contributed by atoms with Gasteiger partial charge in [-0.05, 0) is 51.2 Å². The van der Waals surface area contributed by atoms with Crippen LogP contribution < -0.4 is 5.32 Å². The molecule has 0 aromatic rings. The Hall–Kier alpha value is -0.610. The average molecular weight is 267 g/mol. The Bertz CT molecular complexity index is 334. The molecule has 2 rings (SSSR count). The fourth-order valence-electron chi connectivity index (χ4n) is 3.26. The Kier molecular flexibility index (Phi) is 4.21.